The third-order valence-corrected chi connectivity index (χ3v) is 11.1. The van der Waals surface area contributed by atoms with Crippen LogP contribution in [0.25, 0.3) is 0 Å². The van der Waals surface area contributed by atoms with E-state index in [1.165, 1.54) is 116 Å². The number of carbonyl (C=O) groups is 3. The Morgan fingerprint density at radius 2 is 0.625 bits per heavy atom. The van der Waals surface area contributed by atoms with Gasteiger partial charge in [-0.05, 0) is 89.9 Å². The van der Waals surface area contributed by atoms with E-state index in [-0.39, 0.29) is 37.5 Å². The van der Waals surface area contributed by atoms with Crippen molar-refractivity contribution in [1.29, 1.82) is 0 Å². The molecule has 366 valence electrons. The van der Waals surface area contributed by atoms with Gasteiger partial charge < -0.3 is 14.2 Å². The summed E-state index contributed by atoms with van der Waals surface area (Å²) in [6.45, 7) is 6.42. The van der Waals surface area contributed by atoms with Gasteiger partial charge in [0.05, 0.1) is 0 Å². The molecule has 0 spiro atoms. The van der Waals surface area contributed by atoms with Crippen molar-refractivity contribution in [1.82, 2.24) is 0 Å². The van der Waals surface area contributed by atoms with Crippen LogP contribution in [0.15, 0.2) is 85.1 Å². The zero-order chi connectivity index (χ0) is 46.5. The zero-order valence-corrected chi connectivity index (χ0v) is 41.8. The van der Waals surface area contributed by atoms with E-state index in [9.17, 15) is 14.4 Å². The molecule has 0 bridgehead atoms. The second-order valence-electron chi connectivity index (χ2n) is 17.4. The van der Waals surface area contributed by atoms with Gasteiger partial charge in [0, 0.05) is 19.3 Å². The number of carbonyl (C=O) groups excluding carboxylic acids is 3. The number of ether oxygens (including phenoxy) is 3. The quantitative estimate of drug-likeness (QED) is 0.0262. The van der Waals surface area contributed by atoms with E-state index in [4.69, 9.17) is 14.2 Å². The monoisotopic (exact) mass is 891 g/mol. The first kappa shape index (κ1) is 60.6. The maximum atomic E-state index is 12.8. The van der Waals surface area contributed by atoms with Crippen LogP contribution in [-0.2, 0) is 28.6 Å². The van der Waals surface area contributed by atoms with Gasteiger partial charge in [0.1, 0.15) is 13.2 Å². The number of hydrogen-bond donors (Lipinski definition) is 0. The molecule has 0 amide bonds. The highest BCUT2D eigenvalue weighted by Gasteiger charge is 2.19. The van der Waals surface area contributed by atoms with Crippen LogP contribution >= 0.6 is 0 Å². The third-order valence-electron chi connectivity index (χ3n) is 11.1. The van der Waals surface area contributed by atoms with E-state index < -0.39 is 6.10 Å². The number of esters is 3. The van der Waals surface area contributed by atoms with Crippen molar-refractivity contribution >= 4 is 17.9 Å². The fraction of sp³-hybridized carbons (Fsp3) is 0.707. The fourth-order valence-electron chi connectivity index (χ4n) is 7.15. The average molecular weight is 891 g/mol. The largest absolute Gasteiger partial charge is 0.462 e. The molecule has 0 aromatic rings. The molecule has 0 aliphatic carbocycles. The molecule has 0 radical (unpaired) electrons. The Morgan fingerprint density at radius 1 is 0.328 bits per heavy atom. The molecule has 0 saturated carbocycles. The Balaban J connectivity index is 4.48. The minimum Gasteiger partial charge on any atom is -0.462 e. The molecule has 0 rings (SSSR count). The fourth-order valence-corrected chi connectivity index (χ4v) is 7.15. The Morgan fingerprint density at radius 3 is 1.05 bits per heavy atom. The molecular weight excluding hydrogens is 793 g/mol. The molecule has 0 saturated heterocycles. The van der Waals surface area contributed by atoms with Gasteiger partial charge in [0.2, 0.25) is 0 Å². The summed E-state index contributed by atoms with van der Waals surface area (Å²) in [5.74, 6) is -1.00. The Labute approximate surface area is 395 Å². The van der Waals surface area contributed by atoms with E-state index in [2.05, 4.69) is 106 Å². The molecule has 0 aromatic carbocycles. The van der Waals surface area contributed by atoms with Gasteiger partial charge in [-0.1, -0.05) is 221 Å². The molecule has 1 atom stereocenters. The van der Waals surface area contributed by atoms with Gasteiger partial charge in [-0.25, -0.2) is 0 Å². The maximum Gasteiger partial charge on any atom is 0.306 e. The molecule has 6 heteroatoms. The highest BCUT2D eigenvalue weighted by atomic mass is 16.6. The van der Waals surface area contributed by atoms with Crippen LogP contribution in [0.2, 0.25) is 0 Å². The Bertz CT molecular complexity index is 1250. The minimum atomic E-state index is -0.812. The molecule has 0 aliphatic rings. The second kappa shape index (κ2) is 52.2. The smallest absolute Gasteiger partial charge is 0.306 e. The van der Waals surface area contributed by atoms with Crippen molar-refractivity contribution in [2.24, 2.45) is 0 Å². The highest BCUT2D eigenvalue weighted by molar-refractivity contribution is 5.71. The SMILES string of the molecule is CC/C=C\C/C=C\C/C=C\CCCCC(=O)OCC(COC(=O)CCC/C=C\C/C=C\C/C=C\C/C=C\CCCCC)OC(=O)CCCCCCCCCCCCCCCCCCC. The zero-order valence-electron chi connectivity index (χ0n) is 41.8. The summed E-state index contributed by atoms with van der Waals surface area (Å²) in [6, 6.07) is 0. The lowest BCUT2D eigenvalue weighted by atomic mass is 10.0. The molecule has 0 N–H and O–H groups in total. The van der Waals surface area contributed by atoms with Crippen molar-refractivity contribution in [2.75, 3.05) is 13.2 Å². The van der Waals surface area contributed by atoms with Crippen molar-refractivity contribution in [3.8, 4) is 0 Å². The molecule has 6 nitrogen and oxygen atoms in total. The normalized spacial score (nSPS) is 12.7. The number of unbranched alkanes of at least 4 members (excludes halogenated alkanes) is 22. The first-order chi connectivity index (χ1) is 31.5. The van der Waals surface area contributed by atoms with Crippen LogP contribution in [0.4, 0.5) is 0 Å². The van der Waals surface area contributed by atoms with Crippen LogP contribution in [0.5, 0.6) is 0 Å². The molecule has 64 heavy (non-hydrogen) atoms. The van der Waals surface area contributed by atoms with Crippen molar-refractivity contribution in [2.45, 2.75) is 252 Å². The van der Waals surface area contributed by atoms with E-state index in [0.29, 0.717) is 19.3 Å². The average Bonchev–Trinajstić information content (AvgIpc) is 3.29. The lowest BCUT2D eigenvalue weighted by Crippen LogP contribution is -2.30. The lowest BCUT2D eigenvalue weighted by molar-refractivity contribution is -0.167. The second-order valence-corrected chi connectivity index (χ2v) is 17.4. The summed E-state index contributed by atoms with van der Waals surface area (Å²) >= 11 is 0. The lowest BCUT2D eigenvalue weighted by Gasteiger charge is -2.18. The maximum absolute atomic E-state index is 12.8. The third kappa shape index (κ3) is 49.6. The molecule has 1 unspecified atom stereocenters. The molecular formula is C58H98O6. The van der Waals surface area contributed by atoms with Gasteiger partial charge in [-0.2, -0.15) is 0 Å². The number of rotatable bonds is 47. The topological polar surface area (TPSA) is 78.9 Å². The van der Waals surface area contributed by atoms with Gasteiger partial charge in [0.15, 0.2) is 6.10 Å². The van der Waals surface area contributed by atoms with Crippen LogP contribution in [0, 0.1) is 0 Å². The summed E-state index contributed by atoms with van der Waals surface area (Å²) < 4.78 is 16.7. The predicted octanol–water partition coefficient (Wildman–Crippen LogP) is 17.6. The summed E-state index contributed by atoms with van der Waals surface area (Å²) in [7, 11) is 0. The van der Waals surface area contributed by atoms with Gasteiger partial charge in [-0.3, -0.25) is 14.4 Å². The number of hydrogen-bond acceptors (Lipinski definition) is 6. The van der Waals surface area contributed by atoms with E-state index in [1.807, 2.05) is 0 Å². The number of allylic oxidation sites excluding steroid dienone is 14. The van der Waals surface area contributed by atoms with Crippen LogP contribution in [-0.4, -0.2) is 37.2 Å². The van der Waals surface area contributed by atoms with E-state index in [0.717, 1.165) is 83.5 Å². The first-order valence-electron chi connectivity index (χ1n) is 26.6. The van der Waals surface area contributed by atoms with Crippen molar-refractivity contribution in [3.63, 3.8) is 0 Å². The summed E-state index contributed by atoms with van der Waals surface area (Å²) in [5, 5.41) is 0. The van der Waals surface area contributed by atoms with Gasteiger partial charge in [0.25, 0.3) is 0 Å². The van der Waals surface area contributed by atoms with Crippen LogP contribution in [0.1, 0.15) is 245 Å². The summed E-state index contributed by atoms with van der Waals surface area (Å²) in [4.78, 5) is 38.0. The standard InChI is InChI=1S/C58H98O6/c1-4-7-10-13-16-19-22-25-27-29-31-33-36-39-42-45-48-51-57(60)63-54-55(53-62-56(59)50-47-44-41-38-35-24-21-18-15-12-9-6-3)64-58(61)52-49-46-43-40-37-34-32-30-28-26-23-20-17-14-11-8-5-2/h9,12,16,18-19,21,25,27,31,33,35,38-39,42,55H,4-8,10-11,13-15,17,20,22-24,26,28-30,32,34,36-37,40-41,43-54H2,1-3H3/b12-9-,19-16-,21-18-,27-25-,33-31-,38-35-,42-39-. The molecule has 0 heterocycles. The Hall–Kier alpha value is -3.41. The predicted molar refractivity (Wildman–Crippen MR) is 274 cm³/mol. The van der Waals surface area contributed by atoms with Crippen LogP contribution in [0.3, 0.4) is 0 Å². The van der Waals surface area contributed by atoms with Gasteiger partial charge in [-0.15, -0.1) is 0 Å². The molecule has 0 aromatic heterocycles. The van der Waals surface area contributed by atoms with E-state index in [1.54, 1.807) is 0 Å². The minimum absolute atomic E-state index is 0.112. The first-order valence-corrected chi connectivity index (χ1v) is 26.6. The van der Waals surface area contributed by atoms with Gasteiger partial charge >= 0.3 is 17.9 Å². The van der Waals surface area contributed by atoms with Crippen molar-refractivity contribution in [3.05, 3.63) is 85.1 Å². The molecule has 0 aliphatic heterocycles. The summed E-state index contributed by atoms with van der Waals surface area (Å²) in [6.07, 6.45) is 67.2. The van der Waals surface area contributed by atoms with Crippen molar-refractivity contribution < 1.29 is 28.6 Å². The Kier molecular flexibility index (Phi) is 49.4. The molecule has 0 fully saturated rings. The van der Waals surface area contributed by atoms with E-state index >= 15 is 0 Å². The van der Waals surface area contributed by atoms with Crippen LogP contribution < -0.4 is 0 Å². The summed E-state index contributed by atoms with van der Waals surface area (Å²) in [5.41, 5.74) is 0. The highest BCUT2D eigenvalue weighted by Crippen LogP contribution is 2.15.